The Morgan fingerprint density at radius 1 is 0.800 bits per heavy atom. The number of hydrogen-bond donors (Lipinski definition) is 2. The predicted molar refractivity (Wildman–Crippen MR) is 196 cm³/mol. The van der Waals surface area contributed by atoms with E-state index < -0.39 is 17.0 Å². The fourth-order valence-electron chi connectivity index (χ4n) is 14.3. The molecule has 1 aromatic carbocycles. The van der Waals surface area contributed by atoms with Crippen molar-refractivity contribution in [2.45, 2.75) is 158 Å². The topological polar surface area (TPSA) is 93.1 Å². The number of allylic oxidation sites excluding steroid dienone is 1. The van der Waals surface area contributed by atoms with Crippen LogP contribution in [-0.4, -0.2) is 33.9 Å². The number of esters is 1. The highest BCUT2D eigenvalue weighted by Crippen LogP contribution is 2.77. The number of rotatable bonds is 4. The molecule has 0 saturated heterocycles. The minimum atomic E-state index is -1.07. The highest BCUT2D eigenvalue weighted by molar-refractivity contribution is 5.81. The molecule has 1 aliphatic heterocycles. The van der Waals surface area contributed by atoms with Crippen LogP contribution in [0.5, 0.6) is 11.5 Å². The van der Waals surface area contributed by atoms with E-state index >= 15 is 0 Å². The van der Waals surface area contributed by atoms with Gasteiger partial charge in [-0.05, 0) is 168 Å². The second-order valence-electron chi connectivity index (χ2n) is 19.8. The maximum atomic E-state index is 14.1. The van der Waals surface area contributed by atoms with Gasteiger partial charge in [-0.25, -0.2) is 4.79 Å². The maximum absolute atomic E-state index is 14.1. The summed E-state index contributed by atoms with van der Waals surface area (Å²) in [6.45, 7) is 26.6. The van der Waals surface area contributed by atoms with Gasteiger partial charge in [-0.2, -0.15) is 0 Å². The van der Waals surface area contributed by atoms with E-state index in [0.29, 0.717) is 42.3 Å². The maximum Gasteiger partial charge on any atom is 0.350 e. The summed E-state index contributed by atoms with van der Waals surface area (Å²) in [5, 5.41) is 21.4. The SMILES string of the molecule is C=C(C)[C@@H]1CC[C@]2(C(=O)O)CC[C@]3(C)[C@H](CC[C@@H]4[C@@]5(C)CC[C@H](OC(=O)C6(C)CCc7c(C)c(O)c(C)c(C)c7O6)C(C)(C)[C@@H]5CC[C@]43C)[C@@H]12. The van der Waals surface area contributed by atoms with Crippen molar-refractivity contribution in [2.24, 2.45) is 56.7 Å². The molecule has 2 N–H and O–H groups in total. The van der Waals surface area contributed by atoms with Crippen molar-refractivity contribution in [2.75, 3.05) is 0 Å². The van der Waals surface area contributed by atoms with Gasteiger partial charge in [0.05, 0.1) is 5.41 Å². The van der Waals surface area contributed by atoms with Crippen LogP contribution in [0.1, 0.15) is 141 Å². The number of carbonyl (C=O) groups excluding carboxylic acids is 1. The van der Waals surface area contributed by atoms with Gasteiger partial charge in [0.15, 0.2) is 0 Å². The average Bonchev–Trinajstić information content (AvgIpc) is 3.46. The second kappa shape index (κ2) is 11.3. The second-order valence-corrected chi connectivity index (χ2v) is 19.8. The summed E-state index contributed by atoms with van der Waals surface area (Å²) < 4.78 is 13.1. The zero-order valence-electron chi connectivity index (χ0n) is 32.7. The Hall–Kier alpha value is -2.50. The number of phenolic OH excluding ortho intramolecular Hbond substituents is 1. The molecule has 1 aromatic rings. The third-order valence-electron chi connectivity index (χ3n) is 17.6. The van der Waals surface area contributed by atoms with Gasteiger partial charge in [-0.3, -0.25) is 4.79 Å². The number of benzene rings is 1. The molecule has 5 aliphatic carbocycles. The van der Waals surface area contributed by atoms with Crippen molar-refractivity contribution < 1.29 is 29.3 Å². The number of fused-ring (bicyclic) bond motifs is 8. The molecule has 50 heavy (non-hydrogen) atoms. The number of hydrogen-bond acceptors (Lipinski definition) is 5. The number of phenols is 1. The van der Waals surface area contributed by atoms with Crippen molar-refractivity contribution in [3.05, 3.63) is 34.4 Å². The van der Waals surface area contributed by atoms with Crippen molar-refractivity contribution >= 4 is 11.9 Å². The van der Waals surface area contributed by atoms with Gasteiger partial charge >= 0.3 is 11.9 Å². The van der Waals surface area contributed by atoms with E-state index in [1.165, 1.54) is 5.57 Å². The first-order valence-electron chi connectivity index (χ1n) is 19.8. The number of carboxylic acids is 1. The van der Waals surface area contributed by atoms with E-state index in [0.717, 1.165) is 92.2 Å². The summed E-state index contributed by atoms with van der Waals surface area (Å²) in [5.74, 6) is 2.08. The van der Waals surface area contributed by atoms with Crippen LogP contribution in [-0.2, 0) is 20.7 Å². The molecule has 0 amide bonds. The Balaban J connectivity index is 1.13. The molecule has 0 spiro atoms. The number of carboxylic acid groups (broad SMARTS) is 1. The minimum Gasteiger partial charge on any atom is -0.507 e. The van der Waals surface area contributed by atoms with E-state index in [1.807, 2.05) is 27.7 Å². The Labute approximate surface area is 301 Å². The number of carbonyl (C=O) groups is 2. The lowest BCUT2D eigenvalue weighted by atomic mass is 9.32. The fourth-order valence-corrected chi connectivity index (χ4v) is 14.3. The zero-order chi connectivity index (χ0) is 36.6. The highest BCUT2D eigenvalue weighted by atomic mass is 16.6. The molecule has 5 saturated carbocycles. The third-order valence-corrected chi connectivity index (χ3v) is 17.6. The zero-order valence-corrected chi connectivity index (χ0v) is 32.7. The van der Waals surface area contributed by atoms with Crippen LogP contribution in [0.2, 0.25) is 0 Å². The monoisotopic (exact) mass is 688 g/mol. The predicted octanol–water partition coefficient (Wildman–Crippen LogP) is 10.1. The van der Waals surface area contributed by atoms with E-state index in [4.69, 9.17) is 9.47 Å². The molecular weight excluding hydrogens is 624 g/mol. The van der Waals surface area contributed by atoms with Crippen molar-refractivity contribution in [1.82, 2.24) is 0 Å². The van der Waals surface area contributed by atoms with Crippen LogP contribution in [0.3, 0.4) is 0 Å². The highest BCUT2D eigenvalue weighted by Gasteiger charge is 2.72. The Kier molecular flexibility index (Phi) is 8.07. The molecule has 6 heteroatoms. The first-order chi connectivity index (χ1) is 23.2. The molecular formula is C44H64O6. The lowest BCUT2D eigenvalue weighted by Crippen LogP contribution is -2.67. The lowest BCUT2D eigenvalue weighted by molar-refractivity contribution is -0.252. The molecule has 5 fully saturated rings. The molecule has 6 aliphatic rings. The molecule has 0 radical (unpaired) electrons. The summed E-state index contributed by atoms with van der Waals surface area (Å²) in [5.41, 5.74) is 3.18. The first kappa shape index (κ1) is 35.9. The van der Waals surface area contributed by atoms with Crippen LogP contribution < -0.4 is 4.74 Å². The van der Waals surface area contributed by atoms with E-state index in [9.17, 15) is 19.8 Å². The van der Waals surface area contributed by atoms with Gasteiger partial charge in [-0.1, -0.05) is 46.8 Å². The molecule has 1 unspecified atom stereocenters. The quantitative estimate of drug-likeness (QED) is 0.242. The molecule has 0 aromatic heterocycles. The van der Waals surface area contributed by atoms with Gasteiger partial charge in [0.25, 0.3) is 0 Å². The van der Waals surface area contributed by atoms with Gasteiger partial charge in [0.2, 0.25) is 5.60 Å². The number of aliphatic carboxylic acids is 1. The molecule has 276 valence electrons. The first-order valence-corrected chi connectivity index (χ1v) is 19.8. The standard InChI is InChI=1S/C44H64O6/c1-24(2)28-15-21-44(37(46)47)23-22-41(9)30(34(28)44)12-13-32-40(8)18-17-33(39(6,7)31(40)16-19-42(32,41)10)49-38(48)43(11)20-14-29-27(5)35(45)25(3)26(4)36(29)50-43/h28,30-34,45H,1,12-23H2,2-11H3,(H,46,47)/t28-,30+,31-,32+,33-,34+,40-,41+,42+,43?,44-/m0/s1. The largest absolute Gasteiger partial charge is 0.507 e. The van der Waals surface area contributed by atoms with Crippen LogP contribution >= 0.6 is 0 Å². The van der Waals surface area contributed by atoms with E-state index in [1.54, 1.807) is 0 Å². The summed E-state index contributed by atoms with van der Waals surface area (Å²) in [6, 6.07) is 0. The van der Waals surface area contributed by atoms with E-state index in [2.05, 4.69) is 48.1 Å². The molecule has 0 bridgehead atoms. The van der Waals surface area contributed by atoms with Crippen LogP contribution in [0.4, 0.5) is 0 Å². The van der Waals surface area contributed by atoms with Crippen molar-refractivity contribution in [3.8, 4) is 11.5 Å². The number of ether oxygens (including phenoxy) is 2. The van der Waals surface area contributed by atoms with Gasteiger partial charge in [-0.15, -0.1) is 0 Å². The minimum absolute atomic E-state index is 0.0911. The molecule has 6 nitrogen and oxygen atoms in total. The Bertz CT molecular complexity index is 1640. The fraction of sp³-hybridized carbons (Fsp3) is 0.773. The third kappa shape index (κ3) is 4.50. The van der Waals surface area contributed by atoms with Gasteiger partial charge < -0.3 is 19.7 Å². The van der Waals surface area contributed by atoms with E-state index in [-0.39, 0.29) is 39.7 Å². The van der Waals surface area contributed by atoms with Crippen LogP contribution in [0.15, 0.2) is 12.2 Å². The van der Waals surface area contributed by atoms with Crippen molar-refractivity contribution in [1.29, 1.82) is 0 Å². The molecule has 1 heterocycles. The average molecular weight is 689 g/mol. The normalized spacial score (nSPS) is 44.4. The molecule has 7 rings (SSSR count). The summed E-state index contributed by atoms with van der Waals surface area (Å²) in [7, 11) is 0. The summed E-state index contributed by atoms with van der Waals surface area (Å²) in [4.78, 5) is 27.2. The Morgan fingerprint density at radius 3 is 2.16 bits per heavy atom. The summed E-state index contributed by atoms with van der Waals surface area (Å²) in [6.07, 6.45) is 10.9. The number of aromatic hydroxyl groups is 1. The lowest BCUT2D eigenvalue weighted by Gasteiger charge is -2.72. The van der Waals surface area contributed by atoms with Gasteiger partial charge in [0, 0.05) is 17.4 Å². The van der Waals surface area contributed by atoms with Gasteiger partial charge in [0.1, 0.15) is 17.6 Å². The Morgan fingerprint density at radius 2 is 1.50 bits per heavy atom. The van der Waals surface area contributed by atoms with Crippen molar-refractivity contribution in [3.63, 3.8) is 0 Å². The smallest absolute Gasteiger partial charge is 0.350 e. The summed E-state index contributed by atoms with van der Waals surface area (Å²) >= 11 is 0. The van der Waals surface area contributed by atoms with Crippen LogP contribution in [0.25, 0.3) is 0 Å². The van der Waals surface area contributed by atoms with Crippen LogP contribution in [0, 0.1) is 77.4 Å². The molecule has 11 atom stereocenters.